The Bertz CT molecular complexity index is 432. The van der Waals surface area contributed by atoms with Crippen molar-refractivity contribution >= 4 is 5.91 Å². The minimum atomic E-state index is -0.451. The van der Waals surface area contributed by atoms with Crippen molar-refractivity contribution in [1.82, 2.24) is 5.32 Å². The van der Waals surface area contributed by atoms with Crippen LogP contribution in [0.1, 0.15) is 43.5 Å². The van der Waals surface area contributed by atoms with Gasteiger partial charge < -0.3 is 5.32 Å². The van der Waals surface area contributed by atoms with Crippen molar-refractivity contribution in [1.29, 1.82) is 0 Å². The molecule has 3 heteroatoms. The highest BCUT2D eigenvalue weighted by Crippen LogP contribution is 2.33. The Kier molecular flexibility index (Phi) is 4.00. The van der Waals surface area contributed by atoms with Crippen LogP contribution in [0.3, 0.4) is 0 Å². The largest absolute Gasteiger partial charge is 0.349 e. The number of nitrogens with one attached hydrogen (secondary N) is 1. The molecule has 0 spiro atoms. The van der Waals surface area contributed by atoms with Gasteiger partial charge in [0.05, 0.1) is 5.56 Å². The summed E-state index contributed by atoms with van der Waals surface area (Å²) in [7, 11) is 0. The fourth-order valence-corrected chi connectivity index (χ4v) is 2.92. The van der Waals surface area contributed by atoms with Crippen molar-refractivity contribution in [3.8, 4) is 0 Å². The maximum absolute atomic E-state index is 13.5. The maximum atomic E-state index is 13.5. The second kappa shape index (κ2) is 5.51. The summed E-state index contributed by atoms with van der Waals surface area (Å²) in [5.74, 6) is 0.413. The standard InChI is InChI=1S/C15H20FNO/c1-3-11-8-9-14(10(11)2)17-15(18)12-6-4-5-7-13(12)16/h4-7,10-11,14H,3,8-9H2,1-2H3,(H,17,18). The van der Waals surface area contributed by atoms with Crippen LogP contribution in [0.15, 0.2) is 24.3 Å². The molecule has 1 aromatic carbocycles. The minimum absolute atomic E-state index is 0.143. The molecule has 2 nitrogen and oxygen atoms in total. The number of benzene rings is 1. The van der Waals surface area contributed by atoms with Gasteiger partial charge in [-0.2, -0.15) is 0 Å². The SMILES string of the molecule is CCC1CCC(NC(=O)c2ccccc2F)C1C. The molecule has 0 aromatic heterocycles. The number of halogens is 1. The van der Waals surface area contributed by atoms with Gasteiger partial charge in [0.2, 0.25) is 0 Å². The van der Waals surface area contributed by atoms with Gasteiger partial charge in [0.25, 0.3) is 5.91 Å². The van der Waals surface area contributed by atoms with Crippen LogP contribution in [-0.4, -0.2) is 11.9 Å². The van der Waals surface area contributed by atoms with E-state index in [0.29, 0.717) is 11.8 Å². The molecule has 1 N–H and O–H groups in total. The zero-order valence-corrected chi connectivity index (χ0v) is 10.9. The molecule has 0 heterocycles. The summed E-state index contributed by atoms with van der Waals surface area (Å²) in [5.41, 5.74) is 0.143. The first-order valence-electron chi connectivity index (χ1n) is 6.69. The molecular formula is C15H20FNO. The molecule has 1 aromatic rings. The van der Waals surface area contributed by atoms with Crippen LogP contribution >= 0.6 is 0 Å². The molecule has 3 unspecified atom stereocenters. The maximum Gasteiger partial charge on any atom is 0.254 e. The number of hydrogen-bond acceptors (Lipinski definition) is 1. The van der Waals surface area contributed by atoms with Gasteiger partial charge in [0, 0.05) is 6.04 Å². The van der Waals surface area contributed by atoms with Gasteiger partial charge in [-0.25, -0.2) is 4.39 Å². The second-order valence-electron chi connectivity index (χ2n) is 5.16. The summed E-state index contributed by atoms with van der Waals surface area (Å²) < 4.78 is 13.5. The van der Waals surface area contributed by atoms with Gasteiger partial charge in [-0.3, -0.25) is 4.79 Å². The average molecular weight is 249 g/mol. The minimum Gasteiger partial charge on any atom is -0.349 e. The van der Waals surface area contributed by atoms with E-state index in [1.807, 2.05) is 0 Å². The Balaban J connectivity index is 2.03. The monoisotopic (exact) mass is 249 g/mol. The predicted octanol–water partition coefficient (Wildman–Crippen LogP) is 3.38. The van der Waals surface area contributed by atoms with E-state index in [1.54, 1.807) is 12.1 Å². The summed E-state index contributed by atoms with van der Waals surface area (Å²) in [5, 5.41) is 2.97. The lowest BCUT2D eigenvalue weighted by atomic mass is 9.93. The molecule has 1 aliphatic carbocycles. The van der Waals surface area contributed by atoms with Crippen LogP contribution in [0.2, 0.25) is 0 Å². The summed E-state index contributed by atoms with van der Waals surface area (Å²) >= 11 is 0. The summed E-state index contributed by atoms with van der Waals surface area (Å²) in [6.07, 6.45) is 3.30. The Morgan fingerprint density at radius 2 is 2.11 bits per heavy atom. The van der Waals surface area contributed by atoms with Gasteiger partial charge >= 0.3 is 0 Å². The lowest BCUT2D eigenvalue weighted by Crippen LogP contribution is -2.37. The fourth-order valence-electron chi connectivity index (χ4n) is 2.92. The Hall–Kier alpha value is -1.38. The highest BCUT2D eigenvalue weighted by atomic mass is 19.1. The number of carbonyl (C=O) groups excluding carboxylic acids is 1. The average Bonchev–Trinajstić information content (AvgIpc) is 2.71. The molecule has 0 bridgehead atoms. The lowest BCUT2D eigenvalue weighted by molar-refractivity contribution is 0.0922. The van der Waals surface area contributed by atoms with Crippen molar-refractivity contribution in [2.75, 3.05) is 0 Å². The number of hydrogen-bond donors (Lipinski definition) is 1. The molecule has 1 aliphatic rings. The lowest BCUT2D eigenvalue weighted by Gasteiger charge is -2.21. The third kappa shape index (κ3) is 2.55. The third-order valence-corrected chi connectivity index (χ3v) is 4.19. The molecule has 1 amide bonds. The van der Waals surface area contributed by atoms with Crippen molar-refractivity contribution < 1.29 is 9.18 Å². The number of rotatable bonds is 3. The topological polar surface area (TPSA) is 29.1 Å². The zero-order valence-electron chi connectivity index (χ0n) is 10.9. The van der Waals surface area contributed by atoms with Crippen LogP contribution in [0.25, 0.3) is 0 Å². The normalized spacial score (nSPS) is 27.2. The quantitative estimate of drug-likeness (QED) is 0.874. The Labute approximate surface area is 108 Å². The van der Waals surface area contributed by atoms with E-state index in [0.717, 1.165) is 19.3 Å². The van der Waals surface area contributed by atoms with Gasteiger partial charge in [-0.05, 0) is 36.8 Å². The molecule has 18 heavy (non-hydrogen) atoms. The summed E-state index contributed by atoms with van der Waals surface area (Å²) in [4.78, 5) is 12.0. The van der Waals surface area contributed by atoms with Crippen LogP contribution in [0.5, 0.6) is 0 Å². The smallest absolute Gasteiger partial charge is 0.254 e. The molecular weight excluding hydrogens is 229 g/mol. The van der Waals surface area contributed by atoms with Crippen LogP contribution < -0.4 is 5.32 Å². The Morgan fingerprint density at radius 3 is 2.72 bits per heavy atom. The molecule has 3 atom stereocenters. The van der Waals surface area contributed by atoms with E-state index in [1.165, 1.54) is 12.1 Å². The van der Waals surface area contributed by atoms with Gasteiger partial charge in [0.1, 0.15) is 5.82 Å². The van der Waals surface area contributed by atoms with Gasteiger partial charge in [-0.15, -0.1) is 0 Å². The van der Waals surface area contributed by atoms with Gasteiger partial charge in [0.15, 0.2) is 0 Å². The molecule has 98 valence electrons. The highest BCUT2D eigenvalue weighted by molar-refractivity contribution is 5.94. The van der Waals surface area contributed by atoms with Gasteiger partial charge in [-0.1, -0.05) is 32.4 Å². The molecule has 2 rings (SSSR count). The molecule has 1 fully saturated rings. The zero-order chi connectivity index (χ0) is 13.1. The van der Waals surface area contributed by atoms with E-state index >= 15 is 0 Å². The summed E-state index contributed by atoms with van der Waals surface area (Å²) in [6.45, 7) is 4.36. The van der Waals surface area contributed by atoms with Crippen LogP contribution in [0, 0.1) is 17.7 Å². The first-order valence-corrected chi connectivity index (χ1v) is 6.69. The van der Waals surface area contributed by atoms with Crippen LogP contribution in [-0.2, 0) is 0 Å². The first kappa shape index (κ1) is 13.1. The number of amides is 1. The molecule has 0 saturated heterocycles. The van der Waals surface area contributed by atoms with E-state index in [4.69, 9.17) is 0 Å². The second-order valence-corrected chi connectivity index (χ2v) is 5.16. The number of carbonyl (C=O) groups is 1. The fraction of sp³-hybridized carbons (Fsp3) is 0.533. The molecule has 0 radical (unpaired) electrons. The van der Waals surface area contributed by atoms with Crippen molar-refractivity contribution in [2.24, 2.45) is 11.8 Å². The van der Waals surface area contributed by atoms with E-state index in [2.05, 4.69) is 19.2 Å². The first-order chi connectivity index (χ1) is 8.63. The van der Waals surface area contributed by atoms with Crippen molar-refractivity contribution in [3.05, 3.63) is 35.6 Å². The van der Waals surface area contributed by atoms with E-state index < -0.39 is 5.82 Å². The van der Waals surface area contributed by atoms with Crippen molar-refractivity contribution in [2.45, 2.75) is 39.2 Å². The predicted molar refractivity (Wildman–Crippen MR) is 69.8 cm³/mol. The molecule has 0 aliphatic heterocycles. The van der Waals surface area contributed by atoms with Crippen LogP contribution in [0.4, 0.5) is 4.39 Å². The summed E-state index contributed by atoms with van der Waals surface area (Å²) in [6, 6.07) is 6.31. The Morgan fingerprint density at radius 1 is 1.39 bits per heavy atom. The third-order valence-electron chi connectivity index (χ3n) is 4.19. The van der Waals surface area contributed by atoms with E-state index in [9.17, 15) is 9.18 Å². The van der Waals surface area contributed by atoms with Crippen molar-refractivity contribution in [3.63, 3.8) is 0 Å². The highest BCUT2D eigenvalue weighted by Gasteiger charge is 2.32. The molecule has 1 saturated carbocycles. The van der Waals surface area contributed by atoms with E-state index in [-0.39, 0.29) is 17.5 Å².